The maximum atomic E-state index is 9.33. The van der Waals surface area contributed by atoms with Gasteiger partial charge in [-0.3, -0.25) is 9.78 Å². The molecule has 0 bridgehead atoms. The van der Waals surface area contributed by atoms with Crippen LogP contribution in [0.2, 0.25) is 0 Å². The van der Waals surface area contributed by atoms with Crippen LogP contribution in [0.3, 0.4) is 0 Å². The van der Waals surface area contributed by atoms with Crippen LogP contribution in [0, 0.1) is 30.6 Å². The van der Waals surface area contributed by atoms with Crippen molar-refractivity contribution >= 4 is 17.8 Å². The van der Waals surface area contributed by atoms with Crippen LogP contribution >= 0.6 is 0 Å². The molecular formula is C41H56N4O3. The number of rotatable bonds is 7. The minimum atomic E-state index is -0.291. The van der Waals surface area contributed by atoms with Crippen LogP contribution in [0.1, 0.15) is 132 Å². The maximum Gasteiger partial charge on any atom is 0.290 e. The van der Waals surface area contributed by atoms with Crippen molar-refractivity contribution in [2.24, 2.45) is 11.3 Å². The van der Waals surface area contributed by atoms with E-state index in [0.717, 1.165) is 45.9 Å². The van der Waals surface area contributed by atoms with E-state index < -0.39 is 0 Å². The van der Waals surface area contributed by atoms with Gasteiger partial charge in [-0.25, -0.2) is 4.68 Å². The molecular weight excluding hydrogens is 596 g/mol. The van der Waals surface area contributed by atoms with Crippen molar-refractivity contribution < 1.29 is 15.0 Å². The highest BCUT2D eigenvalue weighted by molar-refractivity contribution is 6.19. The van der Waals surface area contributed by atoms with Gasteiger partial charge < -0.3 is 15.6 Å². The van der Waals surface area contributed by atoms with Gasteiger partial charge in [-0.05, 0) is 87.0 Å². The Bertz CT molecular complexity index is 1620. The van der Waals surface area contributed by atoms with Crippen molar-refractivity contribution in [1.29, 1.82) is 5.41 Å². The van der Waals surface area contributed by atoms with Crippen LogP contribution < -0.4 is 0 Å². The fraction of sp³-hybridized carbons (Fsp3) is 0.463. The number of aliphatic hydroxyl groups excluding tert-OH is 1. The molecule has 258 valence electrons. The molecule has 48 heavy (non-hydrogen) atoms. The van der Waals surface area contributed by atoms with E-state index in [1.54, 1.807) is 0 Å². The molecule has 2 aliphatic carbocycles. The van der Waals surface area contributed by atoms with E-state index >= 15 is 0 Å². The molecule has 3 N–H and O–H groups in total. The number of nitrogens with zero attached hydrogens (tertiary/aromatic N) is 3. The molecule has 1 aromatic carbocycles. The van der Waals surface area contributed by atoms with Crippen LogP contribution in [-0.2, 0) is 4.79 Å². The molecule has 0 amide bonds. The lowest BCUT2D eigenvalue weighted by Crippen LogP contribution is -2.21. The number of pyridine rings is 1. The Labute approximate surface area is 288 Å². The Morgan fingerprint density at radius 2 is 1.67 bits per heavy atom. The lowest BCUT2D eigenvalue weighted by atomic mass is 9.72. The molecule has 7 nitrogen and oxygen atoms in total. The SMILES string of the molecule is CCC(O)c1ccccc1.Cc1nc(C2CCC(C)(C)CC2)ccc1-n1nc(C2=CC=CC(=N)/C2=C\C(C)C)c(C(C)C)c1C.O=CO. The first-order chi connectivity index (χ1) is 22.7. The number of carboxylic acid groups (broad SMARTS) is 1. The molecule has 2 heterocycles. The summed E-state index contributed by atoms with van der Waals surface area (Å²) in [6.07, 6.45) is 13.6. The van der Waals surface area contributed by atoms with Gasteiger partial charge in [0, 0.05) is 34.0 Å². The second kappa shape index (κ2) is 17.3. The smallest absolute Gasteiger partial charge is 0.290 e. The van der Waals surface area contributed by atoms with Gasteiger partial charge in [0.15, 0.2) is 0 Å². The summed E-state index contributed by atoms with van der Waals surface area (Å²) in [5, 5.41) is 30.0. The first-order valence-electron chi connectivity index (χ1n) is 17.3. The number of hydrogen-bond acceptors (Lipinski definition) is 5. The fourth-order valence-corrected chi connectivity index (χ4v) is 6.55. The molecule has 2 aromatic heterocycles. The Morgan fingerprint density at radius 3 is 2.21 bits per heavy atom. The molecule has 0 aliphatic heterocycles. The second-order valence-corrected chi connectivity index (χ2v) is 14.3. The molecule has 2 aliphatic rings. The number of nitrogens with one attached hydrogen (secondary N) is 1. The standard InChI is InChI=1S/C31H42N4.C9H12O.CH2O2/c1-19(2)18-25-24(10-9-11-26(25)32)30-29(20(3)4)22(6)35(34-30)28-13-12-27(33-21(28)5)23-14-16-31(7,8)17-15-23;1-2-9(10)8-6-4-3-5-7-8;2-1-3/h9-13,18-20,23,32H,14-17H2,1-8H3;3-7,9-10H,2H2,1H3;1H,(H,2,3)/b25-18-,32-26?;;. The van der Waals surface area contributed by atoms with Crippen LogP contribution in [0.5, 0.6) is 0 Å². The maximum absolute atomic E-state index is 9.33. The second-order valence-electron chi connectivity index (χ2n) is 14.3. The molecule has 1 saturated carbocycles. The summed E-state index contributed by atoms with van der Waals surface area (Å²) in [4.78, 5) is 13.5. The predicted octanol–water partition coefficient (Wildman–Crippen LogP) is 10.1. The molecule has 0 saturated heterocycles. The topological polar surface area (TPSA) is 112 Å². The first kappa shape index (κ1) is 38.3. The Hall–Kier alpha value is -4.10. The van der Waals surface area contributed by atoms with E-state index in [-0.39, 0.29) is 12.6 Å². The molecule has 1 atom stereocenters. The van der Waals surface area contributed by atoms with E-state index in [0.29, 0.717) is 28.9 Å². The number of hydrogen-bond donors (Lipinski definition) is 3. The van der Waals surface area contributed by atoms with Crippen LogP contribution in [0.15, 0.2) is 72.3 Å². The van der Waals surface area contributed by atoms with Crippen molar-refractivity contribution in [2.75, 3.05) is 0 Å². The van der Waals surface area contributed by atoms with Crippen molar-refractivity contribution in [3.05, 3.63) is 106 Å². The van der Waals surface area contributed by atoms with Gasteiger partial charge in [0.05, 0.1) is 28.9 Å². The van der Waals surface area contributed by atoms with Gasteiger partial charge >= 0.3 is 0 Å². The Balaban J connectivity index is 0.000000404. The average Bonchev–Trinajstić information content (AvgIpc) is 3.39. The number of aryl methyl sites for hydroxylation is 1. The van der Waals surface area contributed by atoms with Gasteiger partial charge in [0.2, 0.25) is 0 Å². The quantitative estimate of drug-likeness (QED) is 0.220. The summed E-state index contributed by atoms with van der Waals surface area (Å²) in [6, 6.07) is 14.1. The Kier molecular flexibility index (Phi) is 13.9. The zero-order chi connectivity index (χ0) is 35.6. The lowest BCUT2D eigenvalue weighted by molar-refractivity contribution is -0.122. The fourth-order valence-electron chi connectivity index (χ4n) is 6.55. The van der Waals surface area contributed by atoms with Crippen molar-refractivity contribution in [1.82, 2.24) is 14.8 Å². The minimum absolute atomic E-state index is 0.250. The highest BCUT2D eigenvalue weighted by atomic mass is 16.3. The number of aromatic nitrogens is 3. The third-order valence-electron chi connectivity index (χ3n) is 9.24. The van der Waals surface area contributed by atoms with E-state index in [1.807, 2.05) is 49.4 Å². The first-order valence-corrected chi connectivity index (χ1v) is 17.3. The highest BCUT2D eigenvalue weighted by Gasteiger charge is 2.29. The summed E-state index contributed by atoms with van der Waals surface area (Å²) < 4.78 is 2.08. The van der Waals surface area contributed by atoms with Gasteiger partial charge in [-0.2, -0.15) is 5.10 Å². The average molecular weight is 653 g/mol. The molecule has 1 unspecified atom stereocenters. The number of allylic oxidation sites excluding steroid dienone is 6. The summed E-state index contributed by atoms with van der Waals surface area (Å²) in [6.45, 7) is 19.5. The van der Waals surface area contributed by atoms with E-state index in [4.69, 9.17) is 25.4 Å². The monoisotopic (exact) mass is 652 g/mol. The summed E-state index contributed by atoms with van der Waals surface area (Å²) in [7, 11) is 0. The zero-order valence-corrected chi connectivity index (χ0v) is 30.4. The number of benzene rings is 1. The van der Waals surface area contributed by atoms with Crippen molar-refractivity contribution in [3.63, 3.8) is 0 Å². The third-order valence-corrected chi connectivity index (χ3v) is 9.24. The van der Waals surface area contributed by atoms with Gasteiger partial charge in [0.25, 0.3) is 6.47 Å². The van der Waals surface area contributed by atoms with Crippen LogP contribution in [-0.4, -0.2) is 37.2 Å². The summed E-state index contributed by atoms with van der Waals surface area (Å²) >= 11 is 0. The molecule has 7 heteroatoms. The predicted molar refractivity (Wildman–Crippen MR) is 198 cm³/mol. The van der Waals surface area contributed by atoms with E-state index in [9.17, 15) is 5.11 Å². The molecule has 5 rings (SSSR count). The lowest BCUT2D eigenvalue weighted by Gasteiger charge is -2.34. The zero-order valence-electron chi connectivity index (χ0n) is 30.4. The largest absolute Gasteiger partial charge is 0.483 e. The third kappa shape index (κ3) is 9.72. The molecule has 1 fully saturated rings. The Morgan fingerprint density at radius 1 is 1.04 bits per heavy atom. The summed E-state index contributed by atoms with van der Waals surface area (Å²) in [5.74, 6) is 1.23. The van der Waals surface area contributed by atoms with Crippen molar-refractivity contribution in [3.8, 4) is 5.69 Å². The highest BCUT2D eigenvalue weighted by Crippen LogP contribution is 2.42. The minimum Gasteiger partial charge on any atom is -0.483 e. The number of carbonyl (C=O) groups is 1. The van der Waals surface area contributed by atoms with Gasteiger partial charge in [0.1, 0.15) is 0 Å². The van der Waals surface area contributed by atoms with Crippen LogP contribution in [0.4, 0.5) is 0 Å². The molecule has 0 radical (unpaired) electrons. The van der Waals surface area contributed by atoms with Gasteiger partial charge in [-0.15, -0.1) is 0 Å². The number of aliphatic hydroxyl groups is 1. The van der Waals surface area contributed by atoms with E-state index in [2.05, 4.69) is 84.4 Å². The molecule has 3 aromatic rings. The van der Waals surface area contributed by atoms with Crippen molar-refractivity contribution in [2.45, 2.75) is 112 Å². The van der Waals surface area contributed by atoms with Gasteiger partial charge in [-0.1, -0.05) is 97.0 Å². The van der Waals surface area contributed by atoms with Crippen LogP contribution in [0.25, 0.3) is 11.3 Å². The van der Waals surface area contributed by atoms with E-state index in [1.165, 1.54) is 36.9 Å². The normalized spacial score (nSPS) is 17.4. The summed E-state index contributed by atoms with van der Waals surface area (Å²) in [5.41, 5.74) is 10.7. The molecule has 0 spiro atoms.